The molecule has 1 heterocycles. The first-order valence-electron chi connectivity index (χ1n) is 4.61. The summed E-state index contributed by atoms with van der Waals surface area (Å²) in [4.78, 5) is 4.40. The number of hydrogen-bond donors (Lipinski definition) is 1. The Kier molecular flexibility index (Phi) is 2.29. The Morgan fingerprint density at radius 2 is 2.13 bits per heavy atom. The lowest BCUT2D eigenvalue weighted by atomic mass is 10.1. The molecule has 1 aromatic carbocycles. The maximum Gasteiger partial charge on any atom is 0.147 e. The second-order valence-corrected chi connectivity index (χ2v) is 3.26. The fourth-order valence-electron chi connectivity index (χ4n) is 1.48. The lowest BCUT2D eigenvalue weighted by molar-refractivity contribution is 0.412. The minimum atomic E-state index is 0.414. The lowest BCUT2D eigenvalue weighted by Crippen LogP contribution is -2.01. The van der Waals surface area contributed by atoms with Gasteiger partial charge in [-0.1, -0.05) is 24.8 Å². The van der Waals surface area contributed by atoms with E-state index in [-0.39, 0.29) is 0 Å². The summed E-state index contributed by atoms with van der Waals surface area (Å²) in [6, 6.07) is 9.72. The quantitative estimate of drug-likeness (QED) is 0.808. The van der Waals surface area contributed by atoms with Crippen LogP contribution in [0.25, 0.3) is 16.6 Å². The van der Waals surface area contributed by atoms with Crippen LogP contribution in [0.15, 0.2) is 36.9 Å². The Hall–Kier alpha value is -2.03. The van der Waals surface area contributed by atoms with Crippen molar-refractivity contribution in [2.75, 3.05) is 7.11 Å². The first-order chi connectivity index (χ1) is 7.22. The van der Waals surface area contributed by atoms with Gasteiger partial charge in [0.05, 0.1) is 18.3 Å². The highest BCUT2D eigenvalue weighted by Gasteiger charge is 2.07. The summed E-state index contributed by atoms with van der Waals surface area (Å²) < 4.78 is 5.21. The van der Waals surface area contributed by atoms with E-state index in [1.54, 1.807) is 7.11 Å². The van der Waals surface area contributed by atoms with Crippen molar-refractivity contribution in [3.8, 4) is 5.75 Å². The molecule has 0 radical (unpaired) electrons. The van der Waals surface area contributed by atoms with Gasteiger partial charge in [-0.15, -0.1) is 0 Å². The van der Waals surface area contributed by atoms with Crippen molar-refractivity contribution in [3.05, 3.63) is 42.6 Å². The van der Waals surface area contributed by atoms with E-state index in [4.69, 9.17) is 10.5 Å². The summed E-state index contributed by atoms with van der Waals surface area (Å²) in [5.74, 6) is 0.654. The van der Waals surface area contributed by atoms with Gasteiger partial charge in [-0.25, -0.2) is 4.98 Å². The van der Waals surface area contributed by atoms with Crippen molar-refractivity contribution in [1.82, 2.24) is 4.98 Å². The Morgan fingerprint density at radius 1 is 1.40 bits per heavy atom. The minimum absolute atomic E-state index is 0.414. The molecule has 0 amide bonds. The Labute approximate surface area is 88.2 Å². The van der Waals surface area contributed by atoms with Crippen LogP contribution < -0.4 is 10.5 Å². The molecule has 0 bridgehead atoms. The van der Waals surface area contributed by atoms with Crippen molar-refractivity contribution >= 4 is 16.6 Å². The van der Waals surface area contributed by atoms with Gasteiger partial charge in [-0.05, 0) is 12.1 Å². The molecule has 0 saturated carbocycles. The third kappa shape index (κ3) is 1.64. The van der Waals surface area contributed by atoms with Gasteiger partial charge in [-0.2, -0.15) is 0 Å². The Bertz CT molecular complexity index is 520. The fourth-order valence-corrected chi connectivity index (χ4v) is 1.48. The van der Waals surface area contributed by atoms with E-state index < -0.39 is 0 Å². The zero-order chi connectivity index (χ0) is 10.8. The summed E-state index contributed by atoms with van der Waals surface area (Å²) in [6.45, 7) is 3.68. The zero-order valence-corrected chi connectivity index (χ0v) is 8.53. The number of para-hydroxylation sites is 1. The molecule has 0 saturated heterocycles. The molecule has 0 aliphatic heterocycles. The van der Waals surface area contributed by atoms with Crippen LogP contribution in [0.2, 0.25) is 0 Å². The zero-order valence-electron chi connectivity index (χ0n) is 8.53. The number of benzene rings is 1. The van der Waals surface area contributed by atoms with Crippen molar-refractivity contribution < 1.29 is 4.74 Å². The van der Waals surface area contributed by atoms with Gasteiger partial charge in [0.15, 0.2) is 0 Å². The van der Waals surface area contributed by atoms with Crippen molar-refractivity contribution in [3.63, 3.8) is 0 Å². The number of rotatable bonds is 2. The fraction of sp³-hybridized carbons (Fsp3) is 0.0833. The first kappa shape index (κ1) is 9.52. The van der Waals surface area contributed by atoms with E-state index in [1.165, 1.54) is 0 Å². The molecule has 0 aliphatic rings. The molecular formula is C12H12N2O. The normalized spacial score (nSPS) is 10.2. The van der Waals surface area contributed by atoms with Gasteiger partial charge >= 0.3 is 0 Å². The number of fused-ring (bicyclic) bond motifs is 1. The third-order valence-corrected chi connectivity index (χ3v) is 2.21. The van der Waals surface area contributed by atoms with Crippen LogP contribution in [-0.4, -0.2) is 12.1 Å². The van der Waals surface area contributed by atoms with Crippen LogP contribution in [0.1, 0.15) is 5.69 Å². The maximum absolute atomic E-state index is 5.64. The van der Waals surface area contributed by atoms with Crippen LogP contribution >= 0.6 is 0 Å². The molecule has 0 spiro atoms. The molecule has 0 fully saturated rings. The topological polar surface area (TPSA) is 48.1 Å². The number of pyridine rings is 1. The number of nitrogens with zero attached hydrogens (tertiary/aromatic N) is 1. The minimum Gasteiger partial charge on any atom is -0.494 e. The van der Waals surface area contributed by atoms with Crippen molar-refractivity contribution in [2.45, 2.75) is 0 Å². The molecule has 3 nitrogen and oxygen atoms in total. The molecule has 1 aromatic heterocycles. The van der Waals surface area contributed by atoms with Crippen molar-refractivity contribution in [2.24, 2.45) is 5.73 Å². The van der Waals surface area contributed by atoms with Crippen molar-refractivity contribution in [1.29, 1.82) is 0 Å². The molecule has 0 unspecified atom stereocenters. The van der Waals surface area contributed by atoms with E-state index >= 15 is 0 Å². The van der Waals surface area contributed by atoms with E-state index in [9.17, 15) is 0 Å². The summed E-state index contributed by atoms with van der Waals surface area (Å²) in [6.07, 6.45) is 0. The van der Waals surface area contributed by atoms with Crippen LogP contribution in [0.3, 0.4) is 0 Å². The highest BCUT2D eigenvalue weighted by atomic mass is 16.5. The summed E-state index contributed by atoms with van der Waals surface area (Å²) in [7, 11) is 1.60. The summed E-state index contributed by atoms with van der Waals surface area (Å²) in [5, 5.41) is 1.03. The second kappa shape index (κ2) is 3.61. The van der Waals surface area contributed by atoms with Gasteiger partial charge in [-0.3, -0.25) is 0 Å². The van der Waals surface area contributed by atoms with Crippen LogP contribution in [-0.2, 0) is 0 Å². The number of methoxy groups -OCH3 is 1. The SMILES string of the molecule is C=C(N)c1nc2ccccc2cc1OC. The van der Waals surface area contributed by atoms with Gasteiger partial charge in [0, 0.05) is 5.39 Å². The van der Waals surface area contributed by atoms with Crippen LogP contribution in [0.5, 0.6) is 5.75 Å². The smallest absolute Gasteiger partial charge is 0.147 e. The molecule has 3 heteroatoms. The lowest BCUT2D eigenvalue weighted by Gasteiger charge is -2.08. The molecule has 0 atom stereocenters. The highest BCUT2D eigenvalue weighted by Crippen LogP contribution is 2.25. The standard InChI is InChI=1S/C12H12N2O/c1-8(13)12-11(15-2)7-9-5-3-4-6-10(9)14-12/h3-7H,1,13H2,2H3. The molecule has 76 valence electrons. The van der Waals surface area contributed by atoms with E-state index in [0.29, 0.717) is 17.1 Å². The Morgan fingerprint density at radius 3 is 2.80 bits per heavy atom. The second-order valence-electron chi connectivity index (χ2n) is 3.26. The predicted octanol–water partition coefficient (Wildman–Crippen LogP) is 2.17. The first-order valence-corrected chi connectivity index (χ1v) is 4.61. The molecule has 0 aliphatic carbocycles. The van der Waals surface area contributed by atoms with Gasteiger partial charge in [0.1, 0.15) is 11.4 Å². The molecule has 2 aromatic rings. The maximum atomic E-state index is 5.64. The molecular weight excluding hydrogens is 188 g/mol. The average Bonchev–Trinajstić information content (AvgIpc) is 2.27. The summed E-state index contributed by atoms with van der Waals surface area (Å²) >= 11 is 0. The van der Waals surface area contributed by atoms with Gasteiger partial charge in [0.2, 0.25) is 0 Å². The molecule has 15 heavy (non-hydrogen) atoms. The third-order valence-electron chi connectivity index (χ3n) is 2.21. The number of nitrogens with two attached hydrogens (primary N) is 1. The van der Waals surface area contributed by atoms with Crippen LogP contribution in [0.4, 0.5) is 0 Å². The van der Waals surface area contributed by atoms with E-state index in [1.807, 2.05) is 30.3 Å². The molecule has 2 rings (SSSR count). The van der Waals surface area contributed by atoms with Gasteiger partial charge in [0.25, 0.3) is 0 Å². The largest absolute Gasteiger partial charge is 0.494 e. The Balaban J connectivity index is 2.74. The summed E-state index contributed by atoms with van der Waals surface area (Å²) in [5.41, 5.74) is 7.56. The number of ether oxygens (including phenoxy) is 1. The number of hydrogen-bond acceptors (Lipinski definition) is 3. The predicted molar refractivity (Wildman–Crippen MR) is 61.5 cm³/mol. The van der Waals surface area contributed by atoms with Gasteiger partial charge < -0.3 is 10.5 Å². The monoisotopic (exact) mass is 200 g/mol. The van der Waals surface area contributed by atoms with E-state index in [0.717, 1.165) is 10.9 Å². The average molecular weight is 200 g/mol. The number of aromatic nitrogens is 1. The van der Waals surface area contributed by atoms with Crippen LogP contribution in [0, 0.1) is 0 Å². The molecule has 2 N–H and O–H groups in total. The highest BCUT2D eigenvalue weighted by molar-refractivity contribution is 5.83. The van der Waals surface area contributed by atoms with E-state index in [2.05, 4.69) is 11.6 Å².